The largest absolute Gasteiger partial charge is 0.480 e. The quantitative estimate of drug-likeness (QED) is 0.739. The molecule has 2 rings (SSSR count). The van der Waals surface area contributed by atoms with Gasteiger partial charge in [-0.3, -0.25) is 24.0 Å². The van der Waals surface area contributed by atoms with E-state index >= 15 is 0 Å². The van der Waals surface area contributed by atoms with Gasteiger partial charge in [0, 0.05) is 12.7 Å². The number of hydrogen-bond acceptors (Lipinski definition) is 5. The molecule has 1 aromatic carbocycles. The molecule has 0 bridgehead atoms. The van der Waals surface area contributed by atoms with Crippen LogP contribution in [0.15, 0.2) is 18.2 Å². The van der Waals surface area contributed by atoms with E-state index in [2.05, 4.69) is 0 Å². The summed E-state index contributed by atoms with van der Waals surface area (Å²) in [5.41, 5.74) is 0.285. The molecule has 0 atom stereocenters. The van der Waals surface area contributed by atoms with E-state index in [4.69, 9.17) is 5.11 Å². The van der Waals surface area contributed by atoms with Gasteiger partial charge in [0.2, 0.25) is 10.0 Å². The average Bonchev–Trinajstić information content (AvgIpc) is 2.52. The molecule has 1 aromatic rings. The zero-order chi connectivity index (χ0) is 15.1. The molecule has 8 nitrogen and oxygen atoms in total. The first-order valence-electron chi connectivity index (χ1n) is 5.40. The number of benzene rings is 1. The topological polar surface area (TPSA) is 121 Å². The normalized spacial score (nSPS) is 14.3. The van der Waals surface area contributed by atoms with E-state index in [1.54, 1.807) is 0 Å². The summed E-state index contributed by atoms with van der Waals surface area (Å²) >= 11 is 0. The van der Waals surface area contributed by atoms with E-state index in [-0.39, 0.29) is 16.8 Å². The summed E-state index contributed by atoms with van der Waals surface area (Å²) in [6.07, 6.45) is 0. The van der Waals surface area contributed by atoms with Crippen LogP contribution in [0.1, 0.15) is 20.7 Å². The number of carboxylic acid groups (broad SMARTS) is 1. The van der Waals surface area contributed by atoms with Gasteiger partial charge >= 0.3 is 5.97 Å². The predicted octanol–water partition coefficient (Wildman–Crippen LogP) is -0.261. The van der Waals surface area contributed by atoms with E-state index in [9.17, 15) is 22.8 Å². The number of rotatable bonds is 4. The van der Waals surface area contributed by atoms with Gasteiger partial charge in [-0.25, -0.2) is 8.42 Å². The molecular weight excluding hydrogens is 288 g/mol. The van der Waals surface area contributed by atoms with Gasteiger partial charge in [-0.05, 0) is 18.2 Å². The highest BCUT2D eigenvalue weighted by Gasteiger charge is 2.33. The summed E-state index contributed by atoms with van der Waals surface area (Å²) < 4.78 is 25.0. The Kier molecular flexibility index (Phi) is 3.22. The van der Waals surface area contributed by atoms with Gasteiger partial charge in [0.05, 0.1) is 11.1 Å². The number of carboxylic acids is 1. The molecule has 0 aliphatic carbocycles. The van der Waals surface area contributed by atoms with Gasteiger partial charge < -0.3 is 5.11 Å². The molecule has 0 fully saturated rings. The van der Waals surface area contributed by atoms with Gasteiger partial charge in [-0.1, -0.05) is 0 Å². The number of nitrogens with zero attached hydrogens (tertiary/aromatic N) is 1. The van der Waals surface area contributed by atoms with Gasteiger partial charge in [0.25, 0.3) is 11.8 Å². The molecule has 1 aliphatic rings. The minimum absolute atomic E-state index is 0.0291. The van der Waals surface area contributed by atoms with Crippen LogP contribution in [0.5, 0.6) is 0 Å². The van der Waals surface area contributed by atoms with Crippen LogP contribution >= 0.6 is 0 Å². The Labute approximate surface area is 114 Å². The second-order valence-electron chi connectivity index (χ2n) is 4.18. The second-order valence-corrected chi connectivity index (χ2v) is 5.91. The first-order valence-corrected chi connectivity index (χ1v) is 7.05. The molecule has 0 aromatic heterocycles. The van der Waals surface area contributed by atoms with Crippen LogP contribution in [0.4, 0.5) is 5.69 Å². The molecule has 1 aliphatic heterocycles. The highest BCUT2D eigenvalue weighted by atomic mass is 32.2. The van der Waals surface area contributed by atoms with Crippen molar-refractivity contribution in [2.75, 3.05) is 17.5 Å². The van der Waals surface area contributed by atoms with Crippen molar-refractivity contribution < 1.29 is 27.9 Å². The Morgan fingerprint density at radius 3 is 2.45 bits per heavy atom. The van der Waals surface area contributed by atoms with Crippen LogP contribution in [-0.4, -0.2) is 49.0 Å². The lowest BCUT2D eigenvalue weighted by Crippen LogP contribution is -2.24. The van der Waals surface area contributed by atoms with Crippen LogP contribution in [0.2, 0.25) is 0 Å². The monoisotopic (exact) mass is 298 g/mol. The number of anilines is 1. The Bertz CT molecular complexity index is 724. The maximum Gasteiger partial charge on any atom is 0.320 e. The van der Waals surface area contributed by atoms with Gasteiger partial charge in [0.15, 0.2) is 5.75 Å². The zero-order valence-electron chi connectivity index (χ0n) is 10.3. The SMILES string of the molecule is CN1C(=O)c2ccc(NS(=O)(=O)CC(=O)O)cc2C1=O. The lowest BCUT2D eigenvalue weighted by Gasteiger charge is -2.06. The number of aliphatic carboxylic acids is 1. The lowest BCUT2D eigenvalue weighted by molar-refractivity contribution is -0.134. The number of fused-ring (bicyclic) bond motifs is 1. The van der Waals surface area contributed by atoms with Crippen LogP contribution in [0.3, 0.4) is 0 Å². The maximum atomic E-state index is 11.7. The van der Waals surface area contributed by atoms with Crippen molar-refractivity contribution in [1.29, 1.82) is 0 Å². The molecule has 9 heteroatoms. The van der Waals surface area contributed by atoms with E-state index in [0.29, 0.717) is 0 Å². The van der Waals surface area contributed by atoms with E-state index in [1.807, 2.05) is 4.72 Å². The Hall–Kier alpha value is -2.42. The Morgan fingerprint density at radius 2 is 1.85 bits per heavy atom. The molecule has 0 spiro atoms. The number of imide groups is 1. The standard InChI is InChI=1S/C11H10N2O6S/c1-13-10(16)7-3-2-6(4-8(7)11(13)17)12-20(18,19)5-9(14)15/h2-4,12H,5H2,1H3,(H,14,15). The summed E-state index contributed by atoms with van der Waals surface area (Å²) in [5.74, 6) is -3.59. The fraction of sp³-hybridized carbons (Fsp3) is 0.182. The number of sulfonamides is 1. The fourth-order valence-electron chi connectivity index (χ4n) is 1.80. The summed E-state index contributed by atoms with van der Waals surface area (Å²) in [5, 5.41) is 8.47. The zero-order valence-corrected chi connectivity index (χ0v) is 11.1. The molecular formula is C11H10N2O6S. The van der Waals surface area contributed by atoms with Crippen molar-refractivity contribution >= 4 is 33.5 Å². The van der Waals surface area contributed by atoms with E-state index in [0.717, 1.165) is 4.90 Å². The molecule has 0 radical (unpaired) electrons. The minimum atomic E-state index is -4.06. The molecule has 20 heavy (non-hydrogen) atoms. The highest BCUT2D eigenvalue weighted by molar-refractivity contribution is 7.93. The van der Waals surface area contributed by atoms with Crippen molar-refractivity contribution in [3.05, 3.63) is 29.3 Å². The van der Waals surface area contributed by atoms with Crippen molar-refractivity contribution in [1.82, 2.24) is 4.90 Å². The third-order valence-corrected chi connectivity index (χ3v) is 3.85. The first-order chi connectivity index (χ1) is 9.21. The van der Waals surface area contributed by atoms with Crippen molar-refractivity contribution in [3.8, 4) is 0 Å². The number of amides is 2. The summed E-state index contributed by atoms with van der Waals surface area (Å²) in [6, 6.07) is 3.82. The van der Waals surface area contributed by atoms with Gasteiger partial charge in [-0.15, -0.1) is 0 Å². The van der Waals surface area contributed by atoms with Crippen LogP contribution in [-0.2, 0) is 14.8 Å². The van der Waals surface area contributed by atoms with E-state index < -0.39 is 33.6 Å². The maximum absolute atomic E-state index is 11.7. The van der Waals surface area contributed by atoms with E-state index in [1.165, 1.54) is 25.2 Å². The number of carbonyl (C=O) groups excluding carboxylic acids is 2. The van der Waals surface area contributed by atoms with Gasteiger partial charge in [-0.2, -0.15) is 0 Å². The fourth-order valence-corrected chi connectivity index (χ4v) is 2.69. The highest BCUT2D eigenvalue weighted by Crippen LogP contribution is 2.25. The van der Waals surface area contributed by atoms with Crippen LogP contribution in [0.25, 0.3) is 0 Å². The minimum Gasteiger partial charge on any atom is -0.480 e. The van der Waals surface area contributed by atoms with Crippen LogP contribution in [0, 0.1) is 0 Å². The lowest BCUT2D eigenvalue weighted by atomic mass is 10.1. The molecule has 106 valence electrons. The first kappa shape index (κ1) is 14.0. The van der Waals surface area contributed by atoms with Crippen molar-refractivity contribution in [3.63, 3.8) is 0 Å². The smallest absolute Gasteiger partial charge is 0.320 e. The Morgan fingerprint density at radius 1 is 1.25 bits per heavy atom. The second kappa shape index (κ2) is 4.60. The van der Waals surface area contributed by atoms with Crippen molar-refractivity contribution in [2.24, 2.45) is 0 Å². The molecule has 0 saturated heterocycles. The molecule has 0 unspecified atom stereocenters. The molecule has 0 saturated carbocycles. The van der Waals surface area contributed by atoms with Crippen LogP contribution < -0.4 is 4.72 Å². The summed E-state index contributed by atoms with van der Waals surface area (Å²) in [4.78, 5) is 34.7. The molecule has 2 amide bonds. The molecule has 1 heterocycles. The summed E-state index contributed by atoms with van der Waals surface area (Å²) in [7, 11) is -2.74. The number of nitrogens with one attached hydrogen (secondary N) is 1. The number of carbonyl (C=O) groups is 3. The predicted molar refractivity (Wildman–Crippen MR) is 67.9 cm³/mol. The van der Waals surface area contributed by atoms with Gasteiger partial charge in [0.1, 0.15) is 0 Å². The number of hydrogen-bond donors (Lipinski definition) is 2. The third kappa shape index (κ3) is 2.48. The third-order valence-electron chi connectivity index (χ3n) is 2.68. The average molecular weight is 298 g/mol. The molecule has 2 N–H and O–H groups in total. The summed E-state index contributed by atoms with van der Waals surface area (Å²) in [6.45, 7) is 0. The van der Waals surface area contributed by atoms with Crippen molar-refractivity contribution in [2.45, 2.75) is 0 Å². The Balaban J connectivity index is 2.33.